The van der Waals surface area contributed by atoms with E-state index in [9.17, 15) is 0 Å². The number of anilines is 1. The third-order valence-electron chi connectivity index (χ3n) is 4.34. The van der Waals surface area contributed by atoms with Crippen LogP contribution in [0.15, 0.2) is 53.5 Å². The highest BCUT2D eigenvalue weighted by Crippen LogP contribution is 2.35. The van der Waals surface area contributed by atoms with Crippen LogP contribution in [0.3, 0.4) is 0 Å². The van der Waals surface area contributed by atoms with E-state index in [4.69, 9.17) is 17.3 Å². The Kier molecular flexibility index (Phi) is 5.36. The molecule has 0 bridgehead atoms. The van der Waals surface area contributed by atoms with Crippen molar-refractivity contribution in [1.82, 2.24) is 0 Å². The largest absolute Gasteiger partial charge is 0.385 e. The van der Waals surface area contributed by atoms with E-state index in [1.807, 2.05) is 12.1 Å². The Morgan fingerprint density at radius 2 is 2.04 bits per heavy atom. The Morgan fingerprint density at radius 3 is 2.79 bits per heavy atom. The van der Waals surface area contributed by atoms with Crippen LogP contribution in [0.2, 0.25) is 5.02 Å². The number of nitrogens with one attached hydrogen (secondary N) is 1. The zero-order valence-electron chi connectivity index (χ0n) is 13.8. The lowest BCUT2D eigenvalue weighted by atomic mass is 9.89. The third kappa shape index (κ3) is 4.25. The molecule has 2 aromatic rings. The summed E-state index contributed by atoms with van der Waals surface area (Å²) < 4.78 is 0. The normalized spacial score (nSPS) is 20.5. The first-order chi connectivity index (χ1) is 11.5. The van der Waals surface area contributed by atoms with E-state index in [2.05, 4.69) is 53.6 Å². The molecule has 0 aromatic heterocycles. The van der Waals surface area contributed by atoms with Gasteiger partial charge in [0.05, 0.1) is 5.54 Å². The van der Waals surface area contributed by atoms with Gasteiger partial charge in [-0.3, -0.25) is 4.99 Å². The molecule has 3 rings (SSSR count). The second kappa shape index (κ2) is 7.49. The fourth-order valence-electron chi connectivity index (χ4n) is 2.86. The van der Waals surface area contributed by atoms with Gasteiger partial charge in [0.25, 0.3) is 0 Å². The van der Waals surface area contributed by atoms with Gasteiger partial charge in [0, 0.05) is 23.0 Å². The Labute approximate surface area is 152 Å². The number of halogens is 1. The third-order valence-corrected chi connectivity index (χ3v) is 5.38. The molecule has 0 radical (unpaired) electrons. The number of aliphatic imine (C=N–C) groups is 1. The zero-order valence-corrected chi connectivity index (χ0v) is 15.3. The van der Waals surface area contributed by atoms with Gasteiger partial charge in [-0.25, -0.2) is 0 Å². The van der Waals surface area contributed by atoms with Gasteiger partial charge in [0.15, 0.2) is 5.17 Å². The smallest absolute Gasteiger partial charge is 0.154 e. The van der Waals surface area contributed by atoms with Crippen molar-refractivity contribution < 1.29 is 0 Å². The van der Waals surface area contributed by atoms with E-state index < -0.39 is 0 Å². The molecule has 0 saturated carbocycles. The molecule has 5 heteroatoms. The van der Waals surface area contributed by atoms with Crippen LogP contribution in [0.4, 0.5) is 5.69 Å². The van der Waals surface area contributed by atoms with Gasteiger partial charge >= 0.3 is 0 Å². The van der Waals surface area contributed by atoms with E-state index >= 15 is 0 Å². The van der Waals surface area contributed by atoms with E-state index in [0.717, 1.165) is 35.8 Å². The summed E-state index contributed by atoms with van der Waals surface area (Å²) in [5.74, 6) is 1.01. The summed E-state index contributed by atoms with van der Waals surface area (Å²) in [6, 6.07) is 16.5. The summed E-state index contributed by atoms with van der Waals surface area (Å²) in [6.07, 6.45) is 1.97. The van der Waals surface area contributed by atoms with Crippen molar-refractivity contribution in [3.63, 3.8) is 0 Å². The number of benzene rings is 2. The number of nitrogens with two attached hydrogens (primary N) is 1. The van der Waals surface area contributed by atoms with E-state index in [1.54, 1.807) is 11.8 Å². The van der Waals surface area contributed by atoms with Crippen molar-refractivity contribution in [2.75, 3.05) is 17.6 Å². The number of amidine groups is 1. The number of rotatable bonds is 5. The molecule has 1 aliphatic rings. The number of hydrogen-bond donors (Lipinski definition) is 2. The molecular formula is C19H22ClN3S. The van der Waals surface area contributed by atoms with Crippen molar-refractivity contribution in [2.24, 2.45) is 10.7 Å². The van der Waals surface area contributed by atoms with Crippen LogP contribution in [-0.2, 0) is 12.0 Å². The molecule has 1 aliphatic heterocycles. The SMILES string of the molecule is CC1(c2cccc(NCCc3ccc(Cl)cc3)c2)CCSC(N)=N1. The molecule has 3 N–H and O–H groups in total. The molecule has 24 heavy (non-hydrogen) atoms. The number of nitrogens with zero attached hydrogens (tertiary/aromatic N) is 1. The predicted octanol–water partition coefficient (Wildman–Crippen LogP) is 4.66. The van der Waals surface area contributed by atoms with Gasteiger partial charge in [-0.15, -0.1) is 0 Å². The molecule has 3 nitrogen and oxygen atoms in total. The monoisotopic (exact) mass is 359 g/mol. The molecule has 1 heterocycles. The molecular weight excluding hydrogens is 338 g/mol. The van der Waals surface area contributed by atoms with Gasteiger partial charge in [0.1, 0.15) is 0 Å². The van der Waals surface area contributed by atoms with Crippen LogP contribution in [0.1, 0.15) is 24.5 Å². The van der Waals surface area contributed by atoms with E-state index in [-0.39, 0.29) is 5.54 Å². The summed E-state index contributed by atoms with van der Waals surface area (Å²) in [6.45, 7) is 3.04. The highest BCUT2D eigenvalue weighted by molar-refractivity contribution is 8.13. The Balaban J connectivity index is 1.65. The number of thioether (sulfide) groups is 1. The van der Waals surface area contributed by atoms with Crippen LogP contribution >= 0.6 is 23.4 Å². The maximum Gasteiger partial charge on any atom is 0.154 e. The van der Waals surface area contributed by atoms with Gasteiger partial charge < -0.3 is 11.1 Å². The van der Waals surface area contributed by atoms with Gasteiger partial charge in [-0.2, -0.15) is 0 Å². The lowest BCUT2D eigenvalue weighted by Gasteiger charge is -2.30. The Hall–Kier alpha value is -1.65. The molecule has 0 amide bonds. The van der Waals surface area contributed by atoms with Gasteiger partial charge in [0.2, 0.25) is 0 Å². The summed E-state index contributed by atoms with van der Waals surface area (Å²) in [5, 5.41) is 4.96. The number of hydrogen-bond acceptors (Lipinski definition) is 4. The van der Waals surface area contributed by atoms with Crippen molar-refractivity contribution in [3.8, 4) is 0 Å². The first-order valence-corrected chi connectivity index (χ1v) is 9.48. The van der Waals surface area contributed by atoms with Gasteiger partial charge in [-0.1, -0.05) is 47.6 Å². The van der Waals surface area contributed by atoms with Crippen molar-refractivity contribution >= 4 is 34.2 Å². The summed E-state index contributed by atoms with van der Waals surface area (Å²) in [5.41, 5.74) is 9.32. The molecule has 126 valence electrons. The topological polar surface area (TPSA) is 50.4 Å². The minimum absolute atomic E-state index is 0.219. The fraction of sp³-hybridized carbons (Fsp3) is 0.316. The van der Waals surface area contributed by atoms with E-state index in [0.29, 0.717) is 5.17 Å². The van der Waals surface area contributed by atoms with Crippen molar-refractivity contribution in [2.45, 2.75) is 25.3 Å². The second-order valence-corrected chi connectivity index (χ2v) is 7.76. The Morgan fingerprint density at radius 1 is 1.25 bits per heavy atom. The fourth-order valence-corrected chi connectivity index (χ4v) is 3.96. The second-order valence-electron chi connectivity index (χ2n) is 6.21. The first kappa shape index (κ1) is 17.2. The summed E-state index contributed by atoms with van der Waals surface area (Å²) in [7, 11) is 0. The average molecular weight is 360 g/mol. The maximum atomic E-state index is 5.93. The first-order valence-electron chi connectivity index (χ1n) is 8.12. The maximum absolute atomic E-state index is 5.93. The summed E-state index contributed by atoms with van der Waals surface area (Å²) >= 11 is 7.55. The molecule has 2 aromatic carbocycles. The molecule has 1 unspecified atom stereocenters. The quantitative estimate of drug-likeness (QED) is 0.816. The minimum Gasteiger partial charge on any atom is -0.385 e. The summed E-state index contributed by atoms with van der Waals surface area (Å²) in [4.78, 5) is 4.68. The minimum atomic E-state index is -0.219. The average Bonchev–Trinajstić information content (AvgIpc) is 2.57. The molecule has 0 aliphatic carbocycles. The van der Waals surface area contributed by atoms with Crippen LogP contribution in [0.5, 0.6) is 0 Å². The molecule has 1 atom stereocenters. The highest BCUT2D eigenvalue weighted by atomic mass is 35.5. The van der Waals surface area contributed by atoms with Crippen LogP contribution in [0, 0.1) is 0 Å². The Bertz CT molecular complexity index is 730. The lowest BCUT2D eigenvalue weighted by molar-refractivity contribution is 0.482. The predicted molar refractivity (Wildman–Crippen MR) is 106 cm³/mol. The van der Waals surface area contributed by atoms with Crippen LogP contribution < -0.4 is 11.1 Å². The highest BCUT2D eigenvalue weighted by Gasteiger charge is 2.29. The zero-order chi connectivity index (χ0) is 17.0. The molecule has 0 fully saturated rings. The van der Waals surface area contributed by atoms with Crippen LogP contribution in [0.25, 0.3) is 0 Å². The van der Waals surface area contributed by atoms with Crippen LogP contribution in [-0.4, -0.2) is 17.5 Å². The standard InChI is InChI=1S/C19H22ClN3S/c1-19(10-12-24-18(21)23-19)15-3-2-4-17(13-15)22-11-9-14-5-7-16(20)8-6-14/h2-8,13,22H,9-12H2,1H3,(H2,21,23). The van der Waals surface area contributed by atoms with Crippen molar-refractivity contribution in [1.29, 1.82) is 0 Å². The van der Waals surface area contributed by atoms with Gasteiger partial charge in [-0.05, 0) is 55.2 Å². The van der Waals surface area contributed by atoms with Crippen molar-refractivity contribution in [3.05, 3.63) is 64.7 Å². The lowest BCUT2D eigenvalue weighted by Crippen LogP contribution is -2.28. The molecule has 0 saturated heterocycles. The van der Waals surface area contributed by atoms with E-state index in [1.165, 1.54) is 11.1 Å². The molecule has 0 spiro atoms.